The van der Waals surface area contributed by atoms with Crippen molar-refractivity contribution >= 4 is 5.91 Å². The second-order valence-corrected chi connectivity index (χ2v) is 6.60. The van der Waals surface area contributed by atoms with Crippen molar-refractivity contribution < 1.29 is 14.6 Å². The van der Waals surface area contributed by atoms with E-state index in [9.17, 15) is 9.90 Å². The molecule has 3 N–H and O–H groups in total. The standard InChI is InChI=1S/C18H26N2O3/c21-15-4-1-3-14(13-15)6-7-17(22)20-16-5-2-12-23-18(16)8-10-19-11-9-18/h1,3-4,13,16,19,21H,2,5-12H2,(H,20,22). The first-order chi connectivity index (χ1) is 11.2. The van der Waals surface area contributed by atoms with Gasteiger partial charge in [0.15, 0.2) is 0 Å². The van der Waals surface area contributed by atoms with Crippen molar-refractivity contribution in [3.05, 3.63) is 29.8 Å². The Morgan fingerprint density at radius 2 is 2.22 bits per heavy atom. The Bertz CT molecular complexity index is 533. The van der Waals surface area contributed by atoms with E-state index < -0.39 is 0 Å². The fraction of sp³-hybridized carbons (Fsp3) is 0.611. The predicted octanol–water partition coefficient (Wildman–Crippen LogP) is 1.74. The van der Waals surface area contributed by atoms with Gasteiger partial charge in [0.1, 0.15) is 5.75 Å². The molecule has 1 unspecified atom stereocenters. The number of phenolic OH excluding ortho intramolecular Hbond substituents is 1. The molecule has 1 aromatic rings. The summed E-state index contributed by atoms with van der Waals surface area (Å²) < 4.78 is 6.11. The van der Waals surface area contributed by atoms with E-state index in [0.29, 0.717) is 12.8 Å². The number of piperidine rings is 1. The Kier molecular flexibility index (Phi) is 5.18. The molecule has 0 aliphatic carbocycles. The van der Waals surface area contributed by atoms with Gasteiger partial charge in [0.25, 0.3) is 0 Å². The smallest absolute Gasteiger partial charge is 0.220 e. The first-order valence-corrected chi connectivity index (χ1v) is 8.60. The van der Waals surface area contributed by atoms with Gasteiger partial charge in [0.2, 0.25) is 5.91 Å². The predicted molar refractivity (Wildman–Crippen MR) is 88.4 cm³/mol. The first kappa shape index (κ1) is 16.3. The minimum atomic E-state index is -0.176. The molecule has 1 amide bonds. The van der Waals surface area contributed by atoms with E-state index in [2.05, 4.69) is 10.6 Å². The summed E-state index contributed by atoms with van der Waals surface area (Å²) in [6.45, 7) is 2.71. The van der Waals surface area contributed by atoms with Crippen molar-refractivity contribution in [2.24, 2.45) is 0 Å². The topological polar surface area (TPSA) is 70.6 Å². The summed E-state index contributed by atoms with van der Waals surface area (Å²) >= 11 is 0. The van der Waals surface area contributed by atoms with E-state index in [1.807, 2.05) is 12.1 Å². The zero-order valence-corrected chi connectivity index (χ0v) is 13.5. The highest BCUT2D eigenvalue weighted by Crippen LogP contribution is 2.33. The van der Waals surface area contributed by atoms with Gasteiger partial charge < -0.3 is 20.5 Å². The minimum Gasteiger partial charge on any atom is -0.508 e. The van der Waals surface area contributed by atoms with Gasteiger partial charge in [-0.2, -0.15) is 0 Å². The molecule has 1 spiro atoms. The highest BCUT2D eigenvalue weighted by molar-refractivity contribution is 5.76. The van der Waals surface area contributed by atoms with E-state index in [1.54, 1.807) is 12.1 Å². The number of rotatable bonds is 4. The maximum Gasteiger partial charge on any atom is 0.220 e. The number of aryl methyl sites for hydroxylation is 1. The van der Waals surface area contributed by atoms with Crippen molar-refractivity contribution in [3.63, 3.8) is 0 Å². The van der Waals surface area contributed by atoms with E-state index >= 15 is 0 Å². The van der Waals surface area contributed by atoms with Gasteiger partial charge in [-0.3, -0.25) is 4.79 Å². The average Bonchev–Trinajstić information content (AvgIpc) is 2.56. The Morgan fingerprint density at radius 3 is 3.00 bits per heavy atom. The van der Waals surface area contributed by atoms with Crippen LogP contribution in [0.4, 0.5) is 0 Å². The number of carbonyl (C=O) groups is 1. The highest BCUT2D eigenvalue weighted by Gasteiger charge is 2.43. The van der Waals surface area contributed by atoms with Gasteiger partial charge in [-0.1, -0.05) is 12.1 Å². The highest BCUT2D eigenvalue weighted by atomic mass is 16.5. The van der Waals surface area contributed by atoms with Crippen LogP contribution in [0.25, 0.3) is 0 Å². The minimum absolute atomic E-state index is 0.0711. The van der Waals surface area contributed by atoms with E-state index in [0.717, 1.165) is 50.9 Å². The molecular formula is C18H26N2O3. The zero-order valence-electron chi connectivity index (χ0n) is 13.5. The summed E-state index contributed by atoms with van der Waals surface area (Å²) in [4.78, 5) is 12.4. The largest absolute Gasteiger partial charge is 0.508 e. The molecule has 126 valence electrons. The van der Waals surface area contributed by atoms with Crippen molar-refractivity contribution in [1.82, 2.24) is 10.6 Å². The molecule has 2 fully saturated rings. The molecule has 0 radical (unpaired) electrons. The summed E-state index contributed by atoms with van der Waals surface area (Å²) in [5, 5.41) is 16.1. The van der Waals surface area contributed by atoms with Gasteiger partial charge in [-0.25, -0.2) is 0 Å². The van der Waals surface area contributed by atoms with E-state index in [1.165, 1.54) is 0 Å². The number of benzene rings is 1. The molecule has 2 aliphatic heterocycles. The number of hydrogen-bond acceptors (Lipinski definition) is 4. The molecule has 2 aliphatic rings. The van der Waals surface area contributed by atoms with Crippen molar-refractivity contribution in [2.45, 2.75) is 50.2 Å². The third kappa shape index (κ3) is 4.03. The van der Waals surface area contributed by atoms with Gasteiger partial charge in [0, 0.05) is 13.0 Å². The second-order valence-electron chi connectivity index (χ2n) is 6.60. The number of carbonyl (C=O) groups excluding carboxylic acids is 1. The lowest BCUT2D eigenvalue weighted by molar-refractivity contribution is -0.136. The summed E-state index contributed by atoms with van der Waals surface area (Å²) in [7, 11) is 0. The van der Waals surface area contributed by atoms with Crippen LogP contribution in [-0.2, 0) is 16.0 Å². The number of nitrogens with one attached hydrogen (secondary N) is 2. The second kappa shape index (κ2) is 7.32. The number of hydrogen-bond donors (Lipinski definition) is 3. The Labute approximate surface area is 137 Å². The van der Waals surface area contributed by atoms with Crippen LogP contribution in [0.3, 0.4) is 0 Å². The molecule has 2 heterocycles. The summed E-state index contributed by atoms with van der Waals surface area (Å²) in [6.07, 6.45) is 5.01. The maximum absolute atomic E-state index is 12.4. The van der Waals surface area contributed by atoms with E-state index in [4.69, 9.17) is 4.74 Å². The maximum atomic E-state index is 12.4. The summed E-state index contributed by atoms with van der Waals surface area (Å²) in [5.74, 6) is 0.319. The average molecular weight is 318 g/mol. The number of ether oxygens (including phenoxy) is 1. The Hall–Kier alpha value is -1.59. The van der Waals surface area contributed by atoms with Crippen LogP contribution in [0, 0.1) is 0 Å². The van der Waals surface area contributed by atoms with Crippen molar-refractivity contribution in [1.29, 1.82) is 0 Å². The molecule has 3 rings (SSSR count). The third-order valence-corrected chi connectivity index (χ3v) is 5.00. The lowest BCUT2D eigenvalue weighted by atomic mass is 9.80. The molecule has 0 saturated carbocycles. The van der Waals surface area contributed by atoms with Gasteiger partial charge in [-0.15, -0.1) is 0 Å². The van der Waals surface area contributed by atoms with Gasteiger partial charge in [-0.05, 0) is 62.9 Å². The quantitative estimate of drug-likeness (QED) is 0.791. The lowest BCUT2D eigenvalue weighted by Crippen LogP contribution is -2.60. The fourth-order valence-corrected chi connectivity index (χ4v) is 3.71. The molecule has 23 heavy (non-hydrogen) atoms. The molecule has 5 nitrogen and oxygen atoms in total. The monoisotopic (exact) mass is 318 g/mol. The number of amides is 1. The van der Waals surface area contributed by atoms with E-state index in [-0.39, 0.29) is 23.3 Å². The number of aromatic hydroxyl groups is 1. The van der Waals surface area contributed by atoms with Gasteiger partial charge in [0.05, 0.1) is 11.6 Å². The van der Waals surface area contributed by atoms with Crippen LogP contribution < -0.4 is 10.6 Å². The molecule has 0 aromatic heterocycles. The van der Waals surface area contributed by atoms with Crippen molar-refractivity contribution in [3.8, 4) is 5.75 Å². The first-order valence-electron chi connectivity index (χ1n) is 8.60. The third-order valence-electron chi connectivity index (χ3n) is 5.00. The molecule has 1 aromatic carbocycles. The van der Waals surface area contributed by atoms with Crippen LogP contribution in [0.15, 0.2) is 24.3 Å². The summed E-state index contributed by atoms with van der Waals surface area (Å²) in [6, 6.07) is 7.22. The Balaban J connectivity index is 1.55. The molecule has 1 atom stereocenters. The van der Waals surface area contributed by atoms with Crippen LogP contribution in [0.2, 0.25) is 0 Å². The molecule has 0 bridgehead atoms. The van der Waals surface area contributed by atoms with Crippen LogP contribution in [0.5, 0.6) is 5.75 Å². The van der Waals surface area contributed by atoms with Crippen LogP contribution in [-0.4, -0.2) is 42.4 Å². The molecular weight excluding hydrogens is 292 g/mol. The van der Waals surface area contributed by atoms with Crippen LogP contribution in [0.1, 0.15) is 37.7 Å². The summed E-state index contributed by atoms with van der Waals surface area (Å²) in [5.41, 5.74) is 0.807. The van der Waals surface area contributed by atoms with Crippen LogP contribution >= 0.6 is 0 Å². The SMILES string of the molecule is O=C(CCc1cccc(O)c1)NC1CCCOC12CCNCC2. The molecule has 2 saturated heterocycles. The normalized spacial score (nSPS) is 23.6. The number of phenols is 1. The lowest BCUT2D eigenvalue weighted by Gasteiger charge is -2.46. The molecule has 5 heteroatoms. The zero-order chi connectivity index (χ0) is 16.1. The fourth-order valence-electron chi connectivity index (χ4n) is 3.71. The van der Waals surface area contributed by atoms with Gasteiger partial charge >= 0.3 is 0 Å². The van der Waals surface area contributed by atoms with Crippen molar-refractivity contribution in [2.75, 3.05) is 19.7 Å². The Morgan fingerprint density at radius 1 is 1.39 bits per heavy atom.